The molecule has 0 aromatic heterocycles. The predicted octanol–water partition coefficient (Wildman–Crippen LogP) is 2.44. The van der Waals surface area contributed by atoms with Crippen molar-refractivity contribution in [1.29, 1.82) is 0 Å². The van der Waals surface area contributed by atoms with E-state index in [4.69, 9.17) is 0 Å². The molecule has 2 aromatic carbocycles. The minimum atomic E-state index is -3.59. The van der Waals surface area contributed by atoms with E-state index in [1.807, 2.05) is 31.2 Å². The number of nitrogens with one attached hydrogen (secondary N) is 1. The summed E-state index contributed by atoms with van der Waals surface area (Å²) in [4.78, 5) is 0. The van der Waals surface area contributed by atoms with E-state index in [9.17, 15) is 13.6 Å². The van der Waals surface area contributed by atoms with E-state index < -0.39 is 10.2 Å². The third-order valence-corrected chi connectivity index (χ3v) is 4.82. The number of aryl methyl sites for hydroxylation is 1. The Morgan fingerprint density at radius 3 is 2.43 bits per heavy atom. The Bertz CT molecular complexity index is 830. The van der Waals surface area contributed by atoms with Crippen LogP contribution in [0.3, 0.4) is 0 Å². The maximum Gasteiger partial charge on any atom is 0.301 e. The van der Waals surface area contributed by atoms with Crippen LogP contribution in [0.2, 0.25) is 0 Å². The molecule has 7 heteroatoms. The van der Waals surface area contributed by atoms with E-state index >= 15 is 0 Å². The normalized spacial score (nSPS) is 12.4. The number of anilines is 1. The number of nitrogens with zero attached hydrogens (tertiary/aromatic N) is 2. The van der Waals surface area contributed by atoms with E-state index in [2.05, 4.69) is 9.88 Å². The molecular formula is C16H19N3O3S. The number of benzene rings is 2. The lowest BCUT2D eigenvalue weighted by atomic mass is 9.98. The molecule has 122 valence electrons. The predicted molar refractivity (Wildman–Crippen MR) is 91.3 cm³/mol. The number of hydrogen-bond acceptors (Lipinski definition) is 4. The Kier molecular flexibility index (Phi) is 5.02. The summed E-state index contributed by atoms with van der Waals surface area (Å²) in [6, 6.07) is 14.2. The highest BCUT2D eigenvalue weighted by Crippen LogP contribution is 2.19. The monoisotopic (exact) mass is 333 g/mol. The van der Waals surface area contributed by atoms with Crippen molar-refractivity contribution < 1.29 is 13.6 Å². The van der Waals surface area contributed by atoms with Crippen molar-refractivity contribution in [3.63, 3.8) is 0 Å². The number of hydrogen-bond donors (Lipinski definition) is 2. The largest absolute Gasteiger partial charge is 0.410 e. The molecule has 6 nitrogen and oxygen atoms in total. The third kappa shape index (κ3) is 3.88. The fourth-order valence-corrected chi connectivity index (χ4v) is 2.68. The SMILES string of the molecule is Cc1ccccc1C(=NO)c1cccc(NS(=O)(=O)N(C)C)c1. The summed E-state index contributed by atoms with van der Waals surface area (Å²) in [5.41, 5.74) is 3.13. The first-order valence-electron chi connectivity index (χ1n) is 6.94. The van der Waals surface area contributed by atoms with E-state index in [0.717, 1.165) is 15.4 Å². The Balaban J connectivity index is 2.41. The van der Waals surface area contributed by atoms with Crippen LogP contribution in [0.15, 0.2) is 53.7 Å². The molecule has 0 atom stereocenters. The highest BCUT2D eigenvalue weighted by Gasteiger charge is 2.15. The maximum absolute atomic E-state index is 11.9. The summed E-state index contributed by atoms with van der Waals surface area (Å²) in [5.74, 6) is 0. The zero-order chi connectivity index (χ0) is 17.0. The smallest absolute Gasteiger partial charge is 0.301 e. The van der Waals surface area contributed by atoms with Crippen LogP contribution in [-0.2, 0) is 10.2 Å². The molecule has 0 radical (unpaired) electrons. The van der Waals surface area contributed by atoms with Crippen LogP contribution in [-0.4, -0.2) is 37.7 Å². The molecule has 0 spiro atoms. The summed E-state index contributed by atoms with van der Waals surface area (Å²) in [5, 5.41) is 12.8. The molecule has 23 heavy (non-hydrogen) atoms. The highest BCUT2D eigenvalue weighted by atomic mass is 32.2. The van der Waals surface area contributed by atoms with Crippen LogP contribution in [0.5, 0.6) is 0 Å². The summed E-state index contributed by atoms with van der Waals surface area (Å²) in [6.45, 7) is 1.92. The lowest BCUT2D eigenvalue weighted by Gasteiger charge is -2.14. The summed E-state index contributed by atoms with van der Waals surface area (Å²) in [7, 11) is -0.703. The summed E-state index contributed by atoms with van der Waals surface area (Å²) in [6.07, 6.45) is 0. The molecule has 0 saturated heterocycles. The third-order valence-electron chi connectivity index (χ3n) is 3.36. The second-order valence-electron chi connectivity index (χ2n) is 5.23. The lowest BCUT2D eigenvalue weighted by molar-refractivity contribution is 0.319. The van der Waals surface area contributed by atoms with Gasteiger partial charge in [0.05, 0.1) is 5.69 Å². The minimum Gasteiger partial charge on any atom is -0.410 e. The van der Waals surface area contributed by atoms with Gasteiger partial charge in [-0.25, -0.2) is 0 Å². The molecule has 0 aliphatic rings. The van der Waals surface area contributed by atoms with Gasteiger partial charge >= 0.3 is 10.2 Å². The van der Waals surface area contributed by atoms with Crippen molar-refractivity contribution in [2.45, 2.75) is 6.92 Å². The standard InChI is InChI=1S/C16H19N3O3S/c1-12-7-4-5-10-15(12)16(17-20)13-8-6-9-14(11-13)18-23(21,22)19(2)3/h4-11,18,20H,1-3H3. The van der Waals surface area contributed by atoms with Gasteiger partial charge < -0.3 is 5.21 Å². The van der Waals surface area contributed by atoms with Gasteiger partial charge in [0.15, 0.2) is 0 Å². The average molecular weight is 333 g/mol. The lowest BCUT2D eigenvalue weighted by Crippen LogP contribution is -2.29. The molecule has 0 unspecified atom stereocenters. The average Bonchev–Trinajstić information content (AvgIpc) is 2.50. The van der Waals surface area contributed by atoms with Gasteiger partial charge in [0.2, 0.25) is 0 Å². The van der Waals surface area contributed by atoms with Gasteiger partial charge in [-0.05, 0) is 24.6 Å². The summed E-state index contributed by atoms with van der Waals surface area (Å²) < 4.78 is 27.4. The van der Waals surface area contributed by atoms with Gasteiger partial charge in [-0.2, -0.15) is 12.7 Å². The summed E-state index contributed by atoms with van der Waals surface area (Å²) >= 11 is 0. The Morgan fingerprint density at radius 1 is 1.13 bits per heavy atom. The number of rotatable bonds is 5. The molecule has 0 fully saturated rings. The molecule has 2 aromatic rings. The van der Waals surface area contributed by atoms with Crippen molar-refractivity contribution in [2.24, 2.45) is 5.16 Å². The van der Waals surface area contributed by atoms with E-state index in [-0.39, 0.29) is 0 Å². The quantitative estimate of drug-likeness (QED) is 0.501. The van der Waals surface area contributed by atoms with E-state index in [1.165, 1.54) is 14.1 Å². The van der Waals surface area contributed by atoms with Crippen molar-refractivity contribution in [2.75, 3.05) is 18.8 Å². The molecular weight excluding hydrogens is 314 g/mol. The zero-order valence-corrected chi connectivity index (χ0v) is 14.0. The fraction of sp³-hybridized carbons (Fsp3) is 0.188. The van der Waals surface area contributed by atoms with E-state index in [0.29, 0.717) is 17.0 Å². The van der Waals surface area contributed by atoms with Gasteiger partial charge in [-0.3, -0.25) is 4.72 Å². The fourth-order valence-electron chi connectivity index (χ4n) is 2.08. The molecule has 2 rings (SSSR count). The topological polar surface area (TPSA) is 82.0 Å². The molecule has 0 heterocycles. The van der Waals surface area contributed by atoms with E-state index in [1.54, 1.807) is 24.3 Å². The molecule has 0 aliphatic heterocycles. The van der Waals surface area contributed by atoms with Crippen LogP contribution in [0.4, 0.5) is 5.69 Å². The number of oxime groups is 1. The second-order valence-corrected chi connectivity index (χ2v) is 7.12. The van der Waals surface area contributed by atoms with Gasteiger partial charge in [0.1, 0.15) is 5.71 Å². The van der Waals surface area contributed by atoms with Gasteiger partial charge in [0, 0.05) is 25.2 Å². The molecule has 0 aliphatic carbocycles. The van der Waals surface area contributed by atoms with Gasteiger partial charge in [-0.15, -0.1) is 0 Å². The molecule has 0 saturated carbocycles. The van der Waals surface area contributed by atoms with Crippen molar-refractivity contribution in [1.82, 2.24) is 4.31 Å². The van der Waals surface area contributed by atoms with Gasteiger partial charge in [-0.1, -0.05) is 41.6 Å². The Morgan fingerprint density at radius 2 is 1.83 bits per heavy atom. The first-order chi connectivity index (χ1) is 10.8. The molecule has 0 bridgehead atoms. The minimum absolute atomic E-state index is 0.383. The first-order valence-corrected chi connectivity index (χ1v) is 8.38. The second kappa shape index (κ2) is 6.80. The van der Waals surface area contributed by atoms with Crippen molar-refractivity contribution in [3.8, 4) is 0 Å². The zero-order valence-electron chi connectivity index (χ0n) is 13.2. The van der Waals surface area contributed by atoms with Gasteiger partial charge in [0.25, 0.3) is 0 Å². The first kappa shape index (κ1) is 17.0. The molecule has 0 amide bonds. The highest BCUT2D eigenvalue weighted by molar-refractivity contribution is 7.90. The van der Waals surface area contributed by atoms with Crippen LogP contribution >= 0.6 is 0 Å². The van der Waals surface area contributed by atoms with Crippen molar-refractivity contribution >= 4 is 21.6 Å². The van der Waals surface area contributed by atoms with Crippen molar-refractivity contribution in [3.05, 3.63) is 65.2 Å². The maximum atomic E-state index is 11.9. The van der Waals surface area contributed by atoms with Crippen LogP contribution < -0.4 is 4.72 Å². The Labute approximate surface area is 136 Å². The van der Waals surface area contributed by atoms with Crippen LogP contribution in [0.25, 0.3) is 0 Å². The van der Waals surface area contributed by atoms with Crippen LogP contribution in [0.1, 0.15) is 16.7 Å². The Hall–Kier alpha value is -2.38. The van der Waals surface area contributed by atoms with Crippen LogP contribution in [0, 0.1) is 6.92 Å². The molecule has 2 N–H and O–H groups in total.